The van der Waals surface area contributed by atoms with E-state index in [0.717, 1.165) is 18.2 Å². The van der Waals surface area contributed by atoms with Crippen LogP contribution in [0.3, 0.4) is 0 Å². The Morgan fingerprint density at radius 1 is 1.43 bits per heavy atom. The summed E-state index contributed by atoms with van der Waals surface area (Å²) in [5.74, 6) is -1.71. The minimum atomic E-state index is -4.55. The van der Waals surface area contributed by atoms with Crippen LogP contribution in [0, 0.1) is 10.1 Å². The molecule has 0 heterocycles. The number of nitro benzene ring substituents is 1. The first-order chi connectivity index (χ1) is 9.65. The summed E-state index contributed by atoms with van der Waals surface area (Å²) in [5, 5.41) is 19.9. The van der Waals surface area contributed by atoms with Gasteiger partial charge in [-0.25, -0.2) is 0 Å². The zero-order valence-corrected chi connectivity index (χ0v) is 11.1. The van der Waals surface area contributed by atoms with Crippen LogP contribution in [0.15, 0.2) is 18.2 Å². The van der Waals surface area contributed by atoms with Gasteiger partial charge in [-0.15, -0.1) is 0 Å². The van der Waals surface area contributed by atoms with E-state index in [1.807, 2.05) is 0 Å². The molecule has 0 fully saturated rings. The summed E-state index contributed by atoms with van der Waals surface area (Å²) in [6, 6.07) is 2.68. The molecule has 0 aromatic heterocycles. The lowest BCUT2D eigenvalue weighted by molar-refractivity contribution is -0.385. The number of alkyl halides is 3. The van der Waals surface area contributed by atoms with Gasteiger partial charge in [0.15, 0.2) is 5.75 Å². The van der Waals surface area contributed by atoms with Gasteiger partial charge in [-0.3, -0.25) is 14.9 Å². The van der Waals surface area contributed by atoms with E-state index in [1.54, 1.807) is 6.92 Å². The molecule has 0 atom stereocenters. The zero-order valence-electron chi connectivity index (χ0n) is 11.1. The van der Waals surface area contributed by atoms with Crippen molar-refractivity contribution in [3.05, 3.63) is 33.9 Å². The summed E-state index contributed by atoms with van der Waals surface area (Å²) in [6.07, 6.45) is -4.23. The van der Waals surface area contributed by atoms with E-state index >= 15 is 0 Å². The van der Waals surface area contributed by atoms with Crippen molar-refractivity contribution in [2.45, 2.75) is 19.5 Å². The highest BCUT2D eigenvalue weighted by molar-refractivity contribution is 5.95. The lowest BCUT2D eigenvalue weighted by Gasteiger charge is -2.23. The first kappa shape index (κ1) is 16.7. The SMILES string of the molecule is CCCN(CC(F)(F)F)C(=O)c1ccc([N+](=O)[O-])c(O)c1. The van der Waals surface area contributed by atoms with Crippen molar-refractivity contribution in [3.63, 3.8) is 0 Å². The molecule has 0 aliphatic heterocycles. The Bertz CT molecular complexity index is 546. The average Bonchev–Trinajstić information content (AvgIpc) is 2.35. The molecular formula is C12H13F3N2O4. The molecule has 0 aliphatic carbocycles. The summed E-state index contributed by atoms with van der Waals surface area (Å²) in [7, 11) is 0. The van der Waals surface area contributed by atoms with E-state index in [1.165, 1.54) is 0 Å². The monoisotopic (exact) mass is 306 g/mol. The number of aromatic hydroxyl groups is 1. The lowest BCUT2D eigenvalue weighted by atomic mass is 10.1. The lowest BCUT2D eigenvalue weighted by Crippen LogP contribution is -2.39. The van der Waals surface area contributed by atoms with Crippen molar-refractivity contribution in [1.29, 1.82) is 0 Å². The normalized spacial score (nSPS) is 11.2. The molecule has 0 aliphatic rings. The zero-order chi connectivity index (χ0) is 16.2. The maximum absolute atomic E-state index is 12.4. The van der Waals surface area contributed by atoms with Crippen LogP contribution in [0.25, 0.3) is 0 Å². The van der Waals surface area contributed by atoms with Gasteiger partial charge in [0.1, 0.15) is 6.54 Å². The first-order valence-corrected chi connectivity index (χ1v) is 5.99. The summed E-state index contributed by atoms with van der Waals surface area (Å²) in [4.78, 5) is 22.2. The molecule has 0 saturated heterocycles. The number of nitro groups is 1. The Morgan fingerprint density at radius 3 is 2.48 bits per heavy atom. The van der Waals surface area contributed by atoms with Crippen LogP contribution in [0.1, 0.15) is 23.7 Å². The smallest absolute Gasteiger partial charge is 0.406 e. The fraction of sp³-hybridized carbons (Fsp3) is 0.417. The highest BCUT2D eigenvalue weighted by atomic mass is 19.4. The van der Waals surface area contributed by atoms with Crippen molar-refractivity contribution < 1.29 is 28.0 Å². The Kier molecular flexibility index (Phi) is 5.12. The number of halogens is 3. The quantitative estimate of drug-likeness (QED) is 0.669. The number of nitrogens with zero attached hydrogens (tertiary/aromatic N) is 2. The summed E-state index contributed by atoms with van der Waals surface area (Å²) < 4.78 is 37.3. The van der Waals surface area contributed by atoms with Gasteiger partial charge in [0, 0.05) is 18.2 Å². The van der Waals surface area contributed by atoms with Gasteiger partial charge in [-0.05, 0) is 18.6 Å². The van der Waals surface area contributed by atoms with Gasteiger partial charge >= 0.3 is 11.9 Å². The van der Waals surface area contributed by atoms with Crippen molar-refractivity contribution in [1.82, 2.24) is 4.90 Å². The van der Waals surface area contributed by atoms with Gasteiger partial charge in [0.05, 0.1) is 4.92 Å². The third kappa shape index (κ3) is 4.62. The third-order valence-electron chi connectivity index (χ3n) is 2.57. The fourth-order valence-corrected chi connectivity index (χ4v) is 1.73. The topological polar surface area (TPSA) is 83.7 Å². The molecule has 0 spiro atoms. The number of hydrogen-bond acceptors (Lipinski definition) is 4. The number of carbonyl (C=O) groups excluding carboxylic acids is 1. The van der Waals surface area contributed by atoms with Crippen LogP contribution in [-0.4, -0.2) is 40.1 Å². The van der Waals surface area contributed by atoms with E-state index < -0.39 is 35.0 Å². The third-order valence-corrected chi connectivity index (χ3v) is 2.57. The highest BCUT2D eigenvalue weighted by Gasteiger charge is 2.33. The van der Waals surface area contributed by atoms with Crippen LogP contribution < -0.4 is 0 Å². The fourth-order valence-electron chi connectivity index (χ4n) is 1.73. The van der Waals surface area contributed by atoms with Crippen molar-refractivity contribution in [2.24, 2.45) is 0 Å². The van der Waals surface area contributed by atoms with E-state index in [-0.39, 0.29) is 12.1 Å². The van der Waals surface area contributed by atoms with E-state index in [0.29, 0.717) is 11.3 Å². The number of rotatable bonds is 5. The number of phenolic OH excluding ortho intramolecular Hbond substituents is 1. The van der Waals surface area contributed by atoms with Crippen LogP contribution in [0.5, 0.6) is 5.75 Å². The van der Waals surface area contributed by atoms with E-state index in [9.17, 15) is 33.2 Å². The molecule has 1 aromatic rings. The number of amides is 1. The Balaban J connectivity index is 3.04. The van der Waals surface area contributed by atoms with E-state index in [4.69, 9.17) is 0 Å². The molecule has 0 radical (unpaired) electrons. The van der Waals surface area contributed by atoms with Crippen molar-refractivity contribution >= 4 is 11.6 Å². The molecular weight excluding hydrogens is 293 g/mol. The van der Waals surface area contributed by atoms with Gasteiger partial charge in [-0.2, -0.15) is 13.2 Å². The molecule has 116 valence electrons. The summed E-state index contributed by atoms with van der Waals surface area (Å²) in [5.41, 5.74) is -0.861. The van der Waals surface area contributed by atoms with Crippen molar-refractivity contribution in [2.75, 3.05) is 13.1 Å². The Hall–Kier alpha value is -2.32. The van der Waals surface area contributed by atoms with Crippen LogP contribution in [0.2, 0.25) is 0 Å². The molecule has 0 bridgehead atoms. The second kappa shape index (κ2) is 6.42. The largest absolute Gasteiger partial charge is 0.502 e. The van der Waals surface area contributed by atoms with Crippen LogP contribution in [0.4, 0.5) is 18.9 Å². The van der Waals surface area contributed by atoms with Crippen LogP contribution >= 0.6 is 0 Å². The molecule has 1 N–H and O–H groups in total. The Morgan fingerprint density at radius 2 is 2.05 bits per heavy atom. The summed E-state index contributed by atoms with van der Waals surface area (Å²) >= 11 is 0. The maximum atomic E-state index is 12.4. The maximum Gasteiger partial charge on any atom is 0.406 e. The van der Waals surface area contributed by atoms with Gasteiger partial charge < -0.3 is 10.0 Å². The van der Waals surface area contributed by atoms with Crippen molar-refractivity contribution in [3.8, 4) is 5.75 Å². The Labute approximate surface area is 117 Å². The van der Waals surface area contributed by atoms with Crippen LogP contribution in [-0.2, 0) is 0 Å². The van der Waals surface area contributed by atoms with Gasteiger partial charge in [0.25, 0.3) is 5.91 Å². The first-order valence-electron chi connectivity index (χ1n) is 5.99. The molecule has 0 unspecified atom stereocenters. The van der Waals surface area contributed by atoms with Gasteiger partial charge in [0.2, 0.25) is 0 Å². The standard InChI is InChI=1S/C12H13F3N2O4/c1-2-5-16(7-12(13,14)15)11(19)8-3-4-9(17(20)21)10(18)6-8/h3-4,6,18H,2,5,7H2,1H3. The molecule has 9 heteroatoms. The predicted octanol–water partition coefficient (Wildman–Crippen LogP) is 2.71. The second-order valence-corrected chi connectivity index (χ2v) is 4.30. The minimum Gasteiger partial charge on any atom is -0.502 e. The predicted molar refractivity (Wildman–Crippen MR) is 67.0 cm³/mol. The minimum absolute atomic E-state index is 0.115. The molecule has 1 amide bonds. The van der Waals surface area contributed by atoms with E-state index in [2.05, 4.69) is 0 Å². The highest BCUT2D eigenvalue weighted by Crippen LogP contribution is 2.27. The average molecular weight is 306 g/mol. The molecule has 6 nitrogen and oxygen atoms in total. The number of hydrogen-bond donors (Lipinski definition) is 1. The molecule has 1 aromatic carbocycles. The number of phenols is 1. The summed E-state index contributed by atoms with van der Waals surface area (Å²) in [6.45, 7) is 0.0808. The number of benzene rings is 1. The molecule has 1 rings (SSSR count). The van der Waals surface area contributed by atoms with Gasteiger partial charge in [-0.1, -0.05) is 6.92 Å². The number of carbonyl (C=O) groups is 1. The molecule has 0 saturated carbocycles. The second-order valence-electron chi connectivity index (χ2n) is 4.30. The molecule has 21 heavy (non-hydrogen) atoms.